The molecule has 6 fully saturated rings. The topological polar surface area (TPSA) is 107 Å². The van der Waals surface area contributed by atoms with Crippen LogP contribution in [0.1, 0.15) is 92.4 Å². The summed E-state index contributed by atoms with van der Waals surface area (Å²) in [6.07, 6.45) is 10.1. The molecule has 6 rings (SSSR count). The SMILES string of the molecule is C=CC1C2CC3NC(CC4[N-]C5C(CC(=O)C5C4CC)C4NC(CC([N-]2)C1C)[C@@H](C)[C@@H]4CCC(=O)O)C(CCC)C3C.[Mg+2]. The predicted molar refractivity (Wildman–Crippen MR) is 173 cm³/mol. The molecule has 1 aliphatic carbocycles. The van der Waals surface area contributed by atoms with Crippen LogP contribution < -0.4 is 10.6 Å². The minimum atomic E-state index is -0.727. The minimum absolute atomic E-state index is 0. The van der Waals surface area contributed by atoms with Gasteiger partial charge in [-0.1, -0.05) is 78.7 Å². The van der Waals surface area contributed by atoms with E-state index in [0.717, 1.165) is 25.7 Å². The van der Waals surface area contributed by atoms with Gasteiger partial charge < -0.3 is 26.4 Å². The maximum atomic E-state index is 13.8. The zero-order valence-corrected chi connectivity index (χ0v) is 28.7. The van der Waals surface area contributed by atoms with E-state index in [1.165, 1.54) is 12.8 Å². The Labute approximate surface area is 276 Å². The molecule has 0 aromatic rings. The van der Waals surface area contributed by atoms with Crippen molar-refractivity contribution < 1.29 is 14.7 Å². The molecule has 5 heterocycles. The molecule has 3 N–H and O–H groups in total. The smallest absolute Gasteiger partial charge is 0.656 e. The number of carbonyl (C=O) groups is 2. The third-order valence-electron chi connectivity index (χ3n) is 13.4. The van der Waals surface area contributed by atoms with Gasteiger partial charge in [-0.3, -0.25) is 9.59 Å². The number of aliphatic carboxylic acids is 1. The first-order valence-corrected chi connectivity index (χ1v) is 17.5. The van der Waals surface area contributed by atoms with Crippen molar-refractivity contribution in [1.29, 1.82) is 0 Å². The monoisotopic (exact) mass is 604 g/mol. The molecular formula is C35H56MgN4O3. The van der Waals surface area contributed by atoms with Crippen LogP contribution in [0.2, 0.25) is 0 Å². The Morgan fingerprint density at radius 2 is 1.58 bits per heavy atom. The average Bonchev–Trinajstić information content (AvgIpc) is 3.70. The molecule has 15 unspecified atom stereocenters. The van der Waals surface area contributed by atoms with Gasteiger partial charge in [0.1, 0.15) is 5.78 Å². The first kappa shape index (κ1) is 33.8. The van der Waals surface area contributed by atoms with Gasteiger partial charge >= 0.3 is 29.0 Å². The molecule has 17 atom stereocenters. The van der Waals surface area contributed by atoms with Gasteiger partial charge in [-0.25, -0.2) is 0 Å². The predicted octanol–water partition coefficient (Wildman–Crippen LogP) is 5.56. The van der Waals surface area contributed by atoms with Crippen LogP contribution >= 0.6 is 0 Å². The number of carbonyl (C=O) groups excluding carboxylic acids is 1. The maximum absolute atomic E-state index is 13.8. The molecule has 0 aromatic carbocycles. The van der Waals surface area contributed by atoms with E-state index in [0.29, 0.717) is 72.3 Å². The van der Waals surface area contributed by atoms with Crippen LogP contribution in [0.3, 0.4) is 0 Å². The van der Waals surface area contributed by atoms with Crippen molar-refractivity contribution in [2.75, 3.05) is 0 Å². The summed E-state index contributed by atoms with van der Waals surface area (Å²) in [7, 11) is 0. The van der Waals surface area contributed by atoms with E-state index in [-0.39, 0.29) is 77.4 Å². The van der Waals surface area contributed by atoms with Gasteiger partial charge in [-0.05, 0) is 54.3 Å². The number of nitrogens with zero attached hydrogens (tertiary/aromatic N) is 2. The number of rotatable bonds is 7. The van der Waals surface area contributed by atoms with E-state index in [2.05, 4.69) is 57.9 Å². The number of hydrogen-bond acceptors (Lipinski definition) is 4. The van der Waals surface area contributed by atoms with Crippen LogP contribution in [0.4, 0.5) is 0 Å². The standard InChI is InChI=1S/C35H56N4O3.Mg/c1-7-10-22-18(5)26-15-28-20(8-2)17(4)25(36-28)14-27-19(6)23(11-12-32(41)42)34(38-27)24-13-31(40)33-21(9-3)29(39-35(24)33)16-30(22)37-26;/h8,17-30,33-35,37-38H,2,7,9-16H2,1,3-6H3,(H,41,42);/q-2;+2/t17?,18?,19-,20?,21?,22?,23-,24?,25?,26?,27?,28?,29?,30?,33?,34?,35?;/m0./s1. The molecule has 6 aliphatic rings. The van der Waals surface area contributed by atoms with Gasteiger partial charge in [-0.2, -0.15) is 0 Å². The fourth-order valence-corrected chi connectivity index (χ4v) is 11.2. The van der Waals surface area contributed by atoms with Crippen molar-refractivity contribution in [3.63, 3.8) is 0 Å². The second-order valence-electron chi connectivity index (χ2n) is 15.2. The summed E-state index contributed by atoms with van der Waals surface area (Å²) in [6, 6.07) is 2.16. The average molecular weight is 605 g/mol. The molecule has 7 nitrogen and oxygen atoms in total. The Morgan fingerprint density at radius 3 is 2.26 bits per heavy atom. The van der Waals surface area contributed by atoms with E-state index in [1.807, 2.05) is 0 Å². The van der Waals surface area contributed by atoms with E-state index in [9.17, 15) is 14.7 Å². The van der Waals surface area contributed by atoms with Crippen molar-refractivity contribution in [2.45, 2.75) is 141 Å². The third-order valence-corrected chi connectivity index (χ3v) is 13.4. The summed E-state index contributed by atoms with van der Waals surface area (Å²) >= 11 is 0. The Balaban J connectivity index is 0.00000368. The fourth-order valence-electron chi connectivity index (χ4n) is 11.2. The summed E-state index contributed by atoms with van der Waals surface area (Å²) in [5.41, 5.74) is 0. The molecule has 43 heavy (non-hydrogen) atoms. The molecule has 0 amide bonds. The van der Waals surface area contributed by atoms with Crippen LogP contribution in [0, 0.1) is 53.3 Å². The van der Waals surface area contributed by atoms with E-state index >= 15 is 0 Å². The molecule has 5 saturated heterocycles. The van der Waals surface area contributed by atoms with Crippen LogP contribution in [0.25, 0.3) is 10.6 Å². The van der Waals surface area contributed by atoms with Crippen LogP contribution in [-0.4, -0.2) is 88.2 Å². The van der Waals surface area contributed by atoms with Crippen molar-refractivity contribution >= 4 is 34.8 Å². The Hall–Kier alpha value is -0.514. The van der Waals surface area contributed by atoms with E-state index in [1.54, 1.807) is 0 Å². The Kier molecular flexibility index (Phi) is 10.8. The summed E-state index contributed by atoms with van der Waals surface area (Å²) < 4.78 is 0. The molecule has 0 radical (unpaired) electrons. The van der Waals surface area contributed by atoms with E-state index in [4.69, 9.17) is 10.6 Å². The van der Waals surface area contributed by atoms with Gasteiger partial charge in [0.15, 0.2) is 0 Å². The van der Waals surface area contributed by atoms with Crippen LogP contribution in [0.15, 0.2) is 12.7 Å². The van der Waals surface area contributed by atoms with Crippen molar-refractivity contribution in [2.24, 2.45) is 53.3 Å². The largest absolute Gasteiger partial charge is 2.00 e. The number of Topliss-reactive ketones (excluding diaryl/α,β-unsaturated/α-hetero) is 1. The molecule has 8 heteroatoms. The zero-order chi connectivity index (χ0) is 29.9. The van der Waals surface area contributed by atoms with Gasteiger partial charge in [-0.15, -0.1) is 30.7 Å². The fraction of sp³-hybridized carbons (Fsp3) is 0.886. The number of hydrogen-bond donors (Lipinski definition) is 3. The molecule has 0 spiro atoms. The molecule has 8 bridgehead atoms. The van der Waals surface area contributed by atoms with Crippen LogP contribution in [-0.2, 0) is 9.59 Å². The first-order chi connectivity index (χ1) is 20.2. The molecule has 236 valence electrons. The van der Waals surface area contributed by atoms with Gasteiger partial charge in [0.05, 0.1) is 0 Å². The Bertz CT molecular complexity index is 1030. The van der Waals surface area contributed by atoms with Crippen molar-refractivity contribution in [3.8, 4) is 0 Å². The van der Waals surface area contributed by atoms with E-state index < -0.39 is 5.97 Å². The normalized spacial score (nSPS) is 50.5. The number of carboxylic acids is 1. The van der Waals surface area contributed by atoms with Gasteiger partial charge in [0, 0.05) is 42.9 Å². The zero-order valence-electron chi connectivity index (χ0n) is 27.3. The maximum Gasteiger partial charge on any atom is 2.00 e. The van der Waals surface area contributed by atoms with Gasteiger partial charge in [0.25, 0.3) is 0 Å². The van der Waals surface area contributed by atoms with Gasteiger partial charge in [0.2, 0.25) is 0 Å². The molecule has 1 saturated carbocycles. The number of fused-ring (bicyclic) bond motifs is 8. The minimum Gasteiger partial charge on any atom is -0.656 e. The summed E-state index contributed by atoms with van der Waals surface area (Å²) in [4.78, 5) is 25.5. The molecule has 5 aliphatic heterocycles. The quantitative estimate of drug-likeness (QED) is 0.261. The second kappa shape index (κ2) is 13.7. The molecule has 0 aromatic heterocycles. The summed E-state index contributed by atoms with van der Waals surface area (Å²) in [5, 5.41) is 28.9. The Morgan fingerprint density at radius 1 is 0.907 bits per heavy atom. The first-order valence-electron chi connectivity index (χ1n) is 17.5. The number of carboxylic acid groups (broad SMARTS) is 1. The number of ketones is 1. The molecular weight excluding hydrogens is 549 g/mol. The second-order valence-corrected chi connectivity index (χ2v) is 15.2. The van der Waals surface area contributed by atoms with Crippen molar-refractivity contribution in [1.82, 2.24) is 10.6 Å². The van der Waals surface area contributed by atoms with Crippen LogP contribution in [0.5, 0.6) is 0 Å². The summed E-state index contributed by atoms with van der Waals surface area (Å²) in [5.74, 6) is 2.86. The van der Waals surface area contributed by atoms with Crippen molar-refractivity contribution in [3.05, 3.63) is 23.3 Å². The third kappa shape index (κ3) is 6.04. The number of nitrogens with one attached hydrogen (secondary N) is 2. The summed E-state index contributed by atoms with van der Waals surface area (Å²) in [6.45, 7) is 16.0.